The van der Waals surface area contributed by atoms with Crippen molar-refractivity contribution in [2.45, 2.75) is 106 Å². The van der Waals surface area contributed by atoms with Gasteiger partial charge in [-0.15, -0.1) is 0 Å². The highest BCUT2D eigenvalue weighted by molar-refractivity contribution is 6.67. The Hall–Kier alpha value is -6.76. The van der Waals surface area contributed by atoms with E-state index in [4.69, 9.17) is 16.3 Å². The zero-order chi connectivity index (χ0) is 50.4. The van der Waals surface area contributed by atoms with E-state index in [9.17, 15) is 14.4 Å². The number of nitrogens with zero attached hydrogens (tertiary/aromatic N) is 2. The first-order valence-electron chi connectivity index (χ1n) is 25.6. The first-order chi connectivity index (χ1) is 34.5. The van der Waals surface area contributed by atoms with Crippen molar-refractivity contribution >= 4 is 72.0 Å². The topological polar surface area (TPSA) is 70.3 Å². The van der Waals surface area contributed by atoms with Gasteiger partial charge in [-0.05, 0) is 123 Å². The van der Waals surface area contributed by atoms with Crippen molar-refractivity contribution in [1.82, 2.24) is 9.13 Å². The molecule has 0 fully saturated rings. The third-order valence-electron chi connectivity index (χ3n) is 13.9. The van der Waals surface area contributed by atoms with Crippen molar-refractivity contribution in [3.05, 3.63) is 197 Å². The number of unbranched alkanes of at least 4 members (excludes halogenated alkanes) is 2. The quantitative estimate of drug-likeness (QED) is 0.0634. The van der Waals surface area contributed by atoms with Gasteiger partial charge in [0.1, 0.15) is 5.75 Å². The number of hydrogen-bond acceptors (Lipinski definition) is 4. The van der Waals surface area contributed by atoms with Gasteiger partial charge in [-0.25, -0.2) is 0 Å². The van der Waals surface area contributed by atoms with Crippen molar-refractivity contribution in [2.24, 2.45) is 11.8 Å². The number of aromatic nitrogens is 2. The monoisotopic (exact) mass is 964 g/mol. The Labute approximate surface area is 425 Å². The molecule has 7 heteroatoms. The minimum atomic E-state index is -0.399. The average molecular weight is 966 g/mol. The molecule has 0 radical (unpaired) electrons. The number of para-hydroxylation sites is 2. The van der Waals surface area contributed by atoms with Crippen LogP contribution in [0.15, 0.2) is 158 Å². The number of carbonyl (C=O) groups excluding carboxylic acids is 3. The summed E-state index contributed by atoms with van der Waals surface area (Å²) in [5.41, 5.74) is 10.2. The number of ketones is 2. The summed E-state index contributed by atoms with van der Waals surface area (Å²) in [7, 11) is 1.60. The van der Waals surface area contributed by atoms with Gasteiger partial charge in [-0.3, -0.25) is 14.4 Å². The van der Waals surface area contributed by atoms with E-state index in [2.05, 4.69) is 97.5 Å². The predicted octanol–water partition coefficient (Wildman–Crippen LogP) is 17.2. The maximum absolute atomic E-state index is 13.5. The van der Waals surface area contributed by atoms with Crippen LogP contribution >= 0.6 is 11.6 Å². The van der Waals surface area contributed by atoms with Crippen LogP contribution < -0.4 is 4.74 Å². The summed E-state index contributed by atoms with van der Waals surface area (Å²) in [6, 6.07) is 51.8. The van der Waals surface area contributed by atoms with Gasteiger partial charge in [0.25, 0.3) is 5.24 Å². The molecule has 0 bridgehead atoms. The Morgan fingerprint density at radius 3 is 1.30 bits per heavy atom. The first-order valence-corrected chi connectivity index (χ1v) is 25.9. The molecule has 2 unspecified atom stereocenters. The standard InChI is InChI=1S/C36H37NO3.C20H25N.C8H7ClO/c1-5-7-11-25(6-2)23-37-33-17-15-28(35(38)26-12-8-10-24(3)19-26)21-31(33)32-22-29(16-18-34(32)37)36(39)27-13-9-14-30(20-27)40-4;1-3-5-10-16(4-2)15-21-19-13-8-6-11-17(19)18-12-7-9-14-20(18)21;1-6-3-2-4-7(5-6)8(9)10/h8-10,12-22,25H,5-7,11,23H2,1-4H3;6-9,11-14,16H,3-5,10,15H2,1-2H3;2-5H,1H3. The minimum absolute atomic E-state index is 0.00416. The summed E-state index contributed by atoms with van der Waals surface area (Å²) in [6.45, 7) is 15.1. The highest BCUT2D eigenvalue weighted by atomic mass is 35.5. The molecule has 0 amide bonds. The molecule has 2 heterocycles. The smallest absolute Gasteiger partial charge is 0.252 e. The number of carbonyl (C=O) groups is 3. The second-order valence-corrected chi connectivity index (χ2v) is 19.3. The van der Waals surface area contributed by atoms with E-state index in [0.717, 1.165) is 58.4 Å². The van der Waals surface area contributed by atoms with Crippen LogP contribution in [0.5, 0.6) is 5.75 Å². The van der Waals surface area contributed by atoms with E-state index >= 15 is 0 Å². The fourth-order valence-corrected chi connectivity index (χ4v) is 9.90. The molecule has 7 aromatic carbocycles. The summed E-state index contributed by atoms with van der Waals surface area (Å²) in [6.07, 6.45) is 9.93. The van der Waals surface area contributed by atoms with Crippen LogP contribution in [0.3, 0.4) is 0 Å². The second-order valence-electron chi connectivity index (χ2n) is 19.0. The van der Waals surface area contributed by atoms with Gasteiger partial charge in [0.05, 0.1) is 7.11 Å². The van der Waals surface area contributed by atoms with Gasteiger partial charge in [0.15, 0.2) is 11.6 Å². The Morgan fingerprint density at radius 1 is 0.465 bits per heavy atom. The molecule has 0 saturated heterocycles. The lowest BCUT2D eigenvalue weighted by Crippen LogP contribution is -2.10. The van der Waals surface area contributed by atoms with Crippen molar-refractivity contribution in [3.63, 3.8) is 0 Å². The number of ether oxygens (including phenoxy) is 1. The van der Waals surface area contributed by atoms with Gasteiger partial charge < -0.3 is 13.9 Å². The number of halogens is 1. The van der Waals surface area contributed by atoms with E-state index < -0.39 is 5.24 Å². The summed E-state index contributed by atoms with van der Waals surface area (Å²) >= 11 is 5.24. The van der Waals surface area contributed by atoms with Gasteiger partial charge in [0.2, 0.25) is 0 Å². The molecule has 9 aromatic rings. The normalized spacial score (nSPS) is 12.0. The van der Waals surface area contributed by atoms with Crippen LogP contribution in [0, 0.1) is 25.7 Å². The largest absolute Gasteiger partial charge is 0.497 e. The number of hydrogen-bond donors (Lipinski definition) is 0. The molecule has 0 saturated carbocycles. The summed E-state index contributed by atoms with van der Waals surface area (Å²) in [5, 5.41) is 4.37. The lowest BCUT2D eigenvalue weighted by Gasteiger charge is -2.17. The maximum Gasteiger partial charge on any atom is 0.252 e. The molecule has 2 aromatic heterocycles. The molecule has 6 nitrogen and oxygen atoms in total. The highest BCUT2D eigenvalue weighted by Crippen LogP contribution is 2.35. The number of methoxy groups -OCH3 is 1. The number of benzene rings is 7. The molecule has 0 aliphatic carbocycles. The fourth-order valence-electron chi connectivity index (χ4n) is 9.79. The third-order valence-corrected chi connectivity index (χ3v) is 14.1. The summed E-state index contributed by atoms with van der Waals surface area (Å²) in [4.78, 5) is 37.6. The van der Waals surface area contributed by atoms with E-state index in [1.165, 1.54) is 66.8 Å². The second kappa shape index (κ2) is 24.9. The molecule has 2 atom stereocenters. The molecule has 71 heavy (non-hydrogen) atoms. The molecule has 0 aliphatic rings. The van der Waals surface area contributed by atoms with Crippen molar-refractivity contribution in [3.8, 4) is 5.75 Å². The van der Waals surface area contributed by atoms with E-state index in [1.54, 1.807) is 25.3 Å². The summed E-state index contributed by atoms with van der Waals surface area (Å²) in [5.74, 6) is 1.95. The van der Waals surface area contributed by atoms with Crippen molar-refractivity contribution in [2.75, 3.05) is 7.11 Å². The van der Waals surface area contributed by atoms with Crippen molar-refractivity contribution in [1.29, 1.82) is 0 Å². The van der Waals surface area contributed by atoms with Crippen LogP contribution in [-0.2, 0) is 13.1 Å². The SMILES string of the molecule is CCCCC(CC)Cn1c2ccc(C(=O)c3cccc(C)c3)cc2c2cc(C(=O)c3cccc(OC)c3)ccc21.CCCCC(CC)Cn1c2ccccc2c2ccccc21.Cc1cccc(C(=O)Cl)c1. The zero-order valence-corrected chi connectivity index (χ0v) is 43.4. The molecular weight excluding hydrogens is 896 g/mol. The van der Waals surface area contributed by atoms with Gasteiger partial charge >= 0.3 is 0 Å². The van der Waals surface area contributed by atoms with Crippen LogP contribution in [0.4, 0.5) is 0 Å². The number of aryl methyl sites for hydroxylation is 2. The van der Waals surface area contributed by atoms with Gasteiger partial charge in [-0.2, -0.15) is 0 Å². The van der Waals surface area contributed by atoms with Crippen LogP contribution in [0.1, 0.15) is 132 Å². The lowest BCUT2D eigenvalue weighted by atomic mass is 9.98. The highest BCUT2D eigenvalue weighted by Gasteiger charge is 2.20. The van der Waals surface area contributed by atoms with Crippen LogP contribution in [0.25, 0.3) is 43.6 Å². The first kappa shape index (κ1) is 52.1. The zero-order valence-electron chi connectivity index (χ0n) is 42.6. The molecule has 0 spiro atoms. The molecule has 9 rings (SSSR count). The Balaban J connectivity index is 0.000000197. The lowest BCUT2D eigenvalue weighted by molar-refractivity contribution is 0.103. The van der Waals surface area contributed by atoms with Gasteiger partial charge in [-0.1, -0.05) is 162 Å². The number of rotatable bonds is 18. The maximum atomic E-state index is 13.5. The molecule has 0 N–H and O–H groups in total. The Bertz CT molecular complexity index is 3210. The molecular formula is C64H69ClN2O4. The van der Waals surface area contributed by atoms with Crippen LogP contribution in [-0.4, -0.2) is 33.1 Å². The molecule has 0 aliphatic heterocycles. The third kappa shape index (κ3) is 12.6. The van der Waals surface area contributed by atoms with E-state index in [1.807, 2.05) is 92.7 Å². The van der Waals surface area contributed by atoms with Crippen LogP contribution in [0.2, 0.25) is 0 Å². The molecule has 366 valence electrons. The Kier molecular flexibility index (Phi) is 18.2. The fraction of sp³-hybridized carbons (Fsp3) is 0.297. The van der Waals surface area contributed by atoms with E-state index in [-0.39, 0.29) is 11.6 Å². The minimum Gasteiger partial charge on any atom is -0.497 e. The number of fused-ring (bicyclic) bond motifs is 6. The van der Waals surface area contributed by atoms with E-state index in [0.29, 0.717) is 39.5 Å². The Morgan fingerprint density at radius 2 is 0.873 bits per heavy atom. The average Bonchev–Trinajstić information content (AvgIpc) is 3.89. The van der Waals surface area contributed by atoms with Crippen molar-refractivity contribution < 1.29 is 19.1 Å². The predicted molar refractivity (Wildman–Crippen MR) is 298 cm³/mol. The van der Waals surface area contributed by atoms with Gasteiger partial charge in [0, 0.05) is 84.5 Å². The summed E-state index contributed by atoms with van der Waals surface area (Å²) < 4.78 is 10.3.